The molecule has 0 aliphatic rings. The maximum Gasteiger partial charge on any atom is 0.374 e. The van der Waals surface area contributed by atoms with Crippen molar-refractivity contribution in [2.75, 3.05) is 7.11 Å². The number of benzene rings is 1. The summed E-state index contributed by atoms with van der Waals surface area (Å²) < 4.78 is 5.44. The maximum atomic E-state index is 11.8. The number of ether oxygens (including phenoxy) is 1. The summed E-state index contributed by atoms with van der Waals surface area (Å²) in [4.78, 5) is 26.2. The van der Waals surface area contributed by atoms with Crippen LogP contribution in [0.5, 0.6) is 0 Å². The van der Waals surface area contributed by atoms with Crippen molar-refractivity contribution in [3.05, 3.63) is 58.3 Å². The molecule has 0 aliphatic heterocycles. The number of aromatic nitrogens is 1. The van der Waals surface area contributed by atoms with Crippen LogP contribution in [0, 0.1) is 0 Å². The second-order valence-electron chi connectivity index (χ2n) is 4.35. The number of esters is 1. The van der Waals surface area contributed by atoms with Gasteiger partial charge < -0.3 is 9.72 Å². The van der Waals surface area contributed by atoms with Crippen molar-refractivity contribution < 1.29 is 14.3 Å². The lowest BCUT2D eigenvalue weighted by Crippen LogP contribution is -2.19. The molecule has 20 heavy (non-hydrogen) atoms. The SMILES string of the molecule is COC(=O)C(=O)C[C@@H](c1ccc(Br)cc1)c1ccc[nH]1. The summed E-state index contributed by atoms with van der Waals surface area (Å²) in [5.74, 6) is -1.53. The molecule has 1 N–H and O–H groups in total. The number of carbonyl (C=O) groups excluding carboxylic acids is 2. The maximum absolute atomic E-state index is 11.8. The molecular weight excluding hydrogens is 322 g/mol. The van der Waals surface area contributed by atoms with Crippen LogP contribution < -0.4 is 0 Å². The molecule has 1 atom stereocenters. The Bertz CT molecular complexity index is 590. The van der Waals surface area contributed by atoms with Crippen molar-refractivity contribution in [2.24, 2.45) is 0 Å². The molecule has 1 aromatic heterocycles. The Kier molecular flexibility index (Phi) is 4.74. The van der Waals surface area contributed by atoms with Crippen LogP contribution in [0.1, 0.15) is 23.6 Å². The number of hydrogen-bond acceptors (Lipinski definition) is 3. The zero-order chi connectivity index (χ0) is 14.5. The number of Topliss-reactive ketones (excluding diaryl/α,β-unsaturated/α-hetero) is 1. The molecule has 0 amide bonds. The van der Waals surface area contributed by atoms with Gasteiger partial charge in [-0.15, -0.1) is 0 Å². The number of methoxy groups -OCH3 is 1. The van der Waals surface area contributed by atoms with Crippen molar-refractivity contribution in [1.29, 1.82) is 0 Å². The van der Waals surface area contributed by atoms with Gasteiger partial charge in [-0.3, -0.25) is 4.79 Å². The molecule has 2 aromatic rings. The van der Waals surface area contributed by atoms with E-state index in [2.05, 4.69) is 25.7 Å². The molecule has 1 heterocycles. The monoisotopic (exact) mass is 335 g/mol. The quantitative estimate of drug-likeness (QED) is 0.674. The largest absolute Gasteiger partial charge is 0.463 e. The Labute approximate surface area is 125 Å². The van der Waals surface area contributed by atoms with Crippen LogP contribution in [0.15, 0.2) is 47.1 Å². The van der Waals surface area contributed by atoms with Gasteiger partial charge in [-0.25, -0.2) is 4.79 Å². The van der Waals surface area contributed by atoms with Crippen LogP contribution in [0.4, 0.5) is 0 Å². The van der Waals surface area contributed by atoms with Crippen LogP contribution >= 0.6 is 15.9 Å². The van der Waals surface area contributed by atoms with Crippen LogP contribution in [-0.2, 0) is 14.3 Å². The van der Waals surface area contributed by atoms with Crippen molar-refractivity contribution in [2.45, 2.75) is 12.3 Å². The molecule has 0 radical (unpaired) electrons. The molecule has 0 saturated heterocycles. The van der Waals surface area contributed by atoms with Gasteiger partial charge in [-0.2, -0.15) is 0 Å². The first kappa shape index (κ1) is 14.5. The number of halogens is 1. The molecule has 0 spiro atoms. The summed E-state index contributed by atoms with van der Waals surface area (Å²) in [7, 11) is 1.21. The molecule has 5 heteroatoms. The van der Waals surface area contributed by atoms with E-state index in [4.69, 9.17) is 0 Å². The molecule has 0 unspecified atom stereocenters. The molecule has 0 bridgehead atoms. The first-order valence-corrected chi connectivity index (χ1v) is 6.91. The number of aromatic amines is 1. The summed E-state index contributed by atoms with van der Waals surface area (Å²) in [6.45, 7) is 0. The summed E-state index contributed by atoms with van der Waals surface area (Å²) in [5.41, 5.74) is 1.86. The standard InChI is InChI=1S/C15H14BrNO3/c1-20-15(19)14(18)9-12(13-3-2-8-17-13)10-4-6-11(16)7-5-10/h2-8,12,17H,9H2,1H3/t12-/m0/s1. The fourth-order valence-corrected chi connectivity index (χ4v) is 2.31. The van der Waals surface area contributed by atoms with Crippen LogP contribution in [-0.4, -0.2) is 23.8 Å². The van der Waals surface area contributed by atoms with E-state index in [-0.39, 0.29) is 12.3 Å². The van der Waals surface area contributed by atoms with E-state index >= 15 is 0 Å². The number of carbonyl (C=O) groups is 2. The number of nitrogens with one attached hydrogen (secondary N) is 1. The third-order valence-corrected chi connectivity index (χ3v) is 3.60. The second kappa shape index (κ2) is 6.52. The van der Waals surface area contributed by atoms with Crippen molar-refractivity contribution >= 4 is 27.7 Å². The Morgan fingerprint density at radius 3 is 2.50 bits per heavy atom. The van der Waals surface area contributed by atoms with Gasteiger partial charge in [0.25, 0.3) is 0 Å². The summed E-state index contributed by atoms with van der Waals surface area (Å²) in [6, 6.07) is 11.4. The second-order valence-corrected chi connectivity index (χ2v) is 5.26. The minimum atomic E-state index is -0.807. The average molecular weight is 336 g/mol. The molecule has 0 fully saturated rings. The third-order valence-electron chi connectivity index (χ3n) is 3.07. The van der Waals surface area contributed by atoms with E-state index in [1.165, 1.54) is 7.11 Å². The van der Waals surface area contributed by atoms with E-state index in [0.29, 0.717) is 0 Å². The van der Waals surface area contributed by atoms with Gasteiger partial charge >= 0.3 is 5.97 Å². The predicted octanol–water partition coefficient (Wildman–Crippen LogP) is 3.04. The highest BCUT2D eigenvalue weighted by atomic mass is 79.9. The third kappa shape index (κ3) is 3.36. The highest BCUT2D eigenvalue weighted by Crippen LogP contribution is 2.28. The van der Waals surface area contributed by atoms with Gasteiger partial charge in [0, 0.05) is 28.7 Å². The Morgan fingerprint density at radius 2 is 1.95 bits per heavy atom. The van der Waals surface area contributed by atoms with E-state index in [9.17, 15) is 9.59 Å². The van der Waals surface area contributed by atoms with Crippen molar-refractivity contribution in [3.63, 3.8) is 0 Å². The first-order valence-electron chi connectivity index (χ1n) is 6.11. The van der Waals surface area contributed by atoms with E-state index in [1.54, 1.807) is 6.20 Å². The van der Waals surface area contributed by atoms with Crippen molar-refractivity contribution in [1.82, 2.24) is 4.98 Å². The van der Waals surface area contributed by atoms with Gasteiger partial charge in [-0.1, -0.05) is 28.1 Å². The number of ketones is 1. The Morgan fingerprint density at radius 1 is 1.25 bits per heavy atom. The molecule has 1 aromatic carbocycles. The van der Waals surface area contributed by atoms with Crippen LogP contribution in [0.25, 0.3) is 0 Å². The number of H-pyrrole nitrogens is 1. The Hall–Kier alpha value is -1.88. The molecule has 4 nitrogen and oxygen atoms in total. The lowest BCUT2D eigenvalue weighted by Gasteiger charge is -2.15. The zero-order valence-electron chi connectivity index (χ0n) is 10.9. The van der Waals surface area contributed by atoms with Gasteiger partial charge in [0.15, 0.2) is 0 Å². The smallest absolute Gasteiger partial charge is 0.374 e. The molecule has 0 aliphatic carbocycles. The summed E-state index contributed by atoms with van der Waals surface area (Å²) in [6.07, 6.45) is 1.87. The summed E-state index contributed by atoms with van der Waals surface area (Å²) >= 11 is 3.38. The highest BCUT2D eigenvalue weighted by molar-refractivity contribution is 9.10. The van der Waals surface area contributed by atoms with Crippen LogP contribution in [0.3, 0.4) is 0 Å². The molecular formula is C15H14BrNO3. The normalized spacial score (nSPS) is 11.9. The van der Waals surface area contributed by atoms with E-state index < -0.39 is 11.8 Å². The minimum absolute atomic E-state index is 0.0782. The topological polar surface area (TPSA) is 59.2 Å². The van der Waals surface area contributed by atoms with Crippen LogP contribution in [0.2, 0.25) is 0 Å². The Balaban J connectivity index is 2.28. The van der Waals surface area contributed by atoms with E-state index in [0.717, 1.165) is 15.7 Å². The summed E-state index contributed by atoms with van der Waals surface area (Å²) in [5, 5.41) is 0. The molecule has 2 rings (SSSR count). The number of rotatable bonds is 5. The fraction of sp³-hybridized carbons (Fsp3) is 0.200. The fourth-order valence-electron chi connectivity index (χ4n) is 2.05. The number of hydrogen-bond donors (Lipinski definition) is 1. The van der Waals surface area contributed by atoms with Gasteiger partial charge in [0.05, 0.1) is 7.11 Å². The van der Waals surface area contributed by atoms with Gasteiger partial charge in [0.1, 0.15) is 0 Å². The zero-order valence-corrected chi connectivity index (χ0v) is 12.5. The highest BCUT2D eigenvalue weighted by Gasteiger charge is 2.23. The predicted molar refractivity (Wildman–Crippen MR) is 78.4 cm³/mol. The molecule has 0 saturated carbocycles. The van der Waals surface area contributed by atoms with Gasteiger partial charge in [-0.05, 0) is 29.8 Å². The first-order chi connectivity index (χ1) is 9.61. The van der Waals surface area contributed by atoms with E-state index in [1.807, 2.05) is 36.4 Å². The lowest BCUT2D eigenvalue weighted by atomic mass is 9.91. The minimum Gasteiger partial charge on any atom is -0.463 e. The average Bonchev–Trinajstić information content (AvgIpc) is 2.98. The van der Waals surface area contributed by atoms with Gasteiger partial charge in [0.2, 0.25) is 5.78 Å². The lowest BCUT2D eigenvalue weighted by molar-refractivity contribution is -0.151. The van der Waals surface area contributed by atoms with Crippen molar-refractivity contribution in [3.8, 4) is 0 Å². The molecule has 104 valence electrons.